The van der Waals surface area contributed by atoms with Gasteiger partial charge < -0.3 is 15.3 Å². The van der Waals surface area contributed by atoms with Crippen LogP contribution < -0.4 is 5.32 Å². The van der Waals surface area contributed by atoms with E-state index in [1.807, 2.05) is 0 Å². The van der Waals surface area contributed by atoms with E-state index in [0.717, 1.165) is 25.9 Å². The first kappa shape index (κ1) is 16.5. The smallest absolute Gasteiger partial charge is 0.339 e. The second kappa shape index (κ2) is 8.60. The van der Waals surface area contributed by atoms with Gasteiger partial charge in [-0.25, -0.2) is 14.8 Å². The van der Waals surface area contributed by atoms with E-state index in [9.17, 15) is 4.79 Å². The van der Waals surface area contributed by atoms with Crippen LogP contribution in [0.5, 0.6) is 0 Å². The quantitative estimate of drug-likeness (QED) is 0.665. The Morgan fingerprint density at radius 3 is 2.85 bits per heavy atom. The van der Waals surface area contributed by atoms with Gasteiger partial charge in [-0.3, -0.25) is 0 Å². The van der Waals surface area contributed by atoms with Crippen LogP contribution in [0.4, 0.5) is 0 Å². The number of nitrogens with zero attached hydrogens (tertiary/aromatic N) is 3. The van der Waals surface area contributed by atoms with Gasteiger partial charge in [-0.1, -0.05) is 0 Å². The topological polar surface area (TPSA) is 78.3 Å². The lowest BCUT2D eigenvalue weighted by Crippen LogP contribution is -2.28. The highest BCUT2D eigenvalue weighted by Gasteiger charge is 2.10. The van der Waals surface area contributed by atoms with Crippen LogP contribution in [0.2, 0.25) is 0 Å². The maximum atomic E-state index is 11.0. The normalized spacial score (nSPS) is 11.2. The SMILES string of the molecule is CC(C)N(C)CCCCNCc1ncncc1C(=O)O. The van der Waals surface area contributed by atoms with Gasteiger partial charge in [0.2, 0.25) is 0 Å². The molecule has 6 heteroatoms. The number of carboxylic acids is 1. The Labute approximate surface area is 120 Å². The zero-order chi connectivity index (χ0) is 15.0. The summed E-state index contributed by atoms with van der Waals surface area (Å²) >= 11 is 0. The molecular formula is C14H24N4O2. The molecule has 0 unspecified atom stereocenters. The van der Waals surface area contributed by atoms with Crippen molar-refractivity contribution in [3.63, 3.8) is 0 Å². The van der Waals surface area contributed by atoms with Crippen LogP contribution in [0.25, 0.3) is 0 Å². The number of nitrogens with one attached hydrogen (secondary N) is 1. The van der Waals surface area contributed by atoms with Crippen molar-refractivity contribution in [2.75, 3.05) is 20.1 Å². The first-order chi connectivity index (χ1) is 9.52. The molecule has 0 saturated heterocycles. The number of aromatic nitrogens is 2. The number of hydrogen-bond acceptors (Lipinski definition) is 5. The summed E-state index contributed by atoms with van der Waals surface area (Å²) < 4.78 is 0. The van der Waals surface area contributed by atoms with Gasteiger partial charge >= 0.3 is 5.97 Å². The third-order valence-corrected chi connectivity index (χ3v) is 3.31. The van der Waals surface area contributed by atoms with Crippen molar-refractivity contribution in [1.29, 1.82) is 0 Å². The highest BCUT2D eigenvalue weighted by Crippen LogP contribution is 2.03. The van der Waals surface area contributed by atoms with Crippen molar-refractivity contribution in [3.8, 4) is 0 Å². The average Bonchev–Trinajstić information content (AvgIpc) is 2.42. The van der Waals surface area contributed by atoms with Crippen molar-refractivity contribution in [2.45, 2.75) is 39.3 Å². The highest BCUT2D eigenvalue weighted by molar-refractivity contribution is 5.88. The van der Waals surface area contributed by atoms with Gasteiger partial charge in [0.1, 0.15) is 11.9 Å². The van der Waals surface area contributed by atoms with Gasteiger partial charge in [0.15, 0.2) is 0 Å². The number of unbranched alkanes of at least 4 members (excludes halogenated alkanes) is 1. The molecule has 20 heavy (non-hydrogen) atoms. The number of carboxylic acid groups (broad SMARTS) is 1. The third kappa shape index (κ3) is 5.63. The molecule has 0 aliphatic rings. The summed E-state index contributed by atoms with van der Waals surface area (Å²) in [7, 11) is 2.12. The molecule has 112 valence electrons. The molecular weight excluding hydrogens is 256 g/mol. The summed E-state index contributed by atoms with van der Waals surface area (Å²) in [5, 5.41) is 12.2. The van der Waals surface area contributed by atoms with E-state index in [2.05, 4.69) is 41.1 Å². The summed E-state index contributed by atoms with van der Waals surface area (Å²) in [5.41, 5.74) is 0.700. The number of rotatable bonds is 9. The molecule has 0 aromatic carbocycles. The lowest BCUT2D eigenvalue weighted by Gasteiger charge is -2.20. The maximum absolute atomic E-state index is 11.0. The van der Waals surface area contributed by atoms with Crippen molar-refractivity contribution >= 4 is 5.97 Å². The van der Waals surface area contributed by atoms with Crippen molar-refractivity contribution in [1.82, 2.24) is 20.2 Å². The van der Waals surface area contributed by atoms with E-state index in [-0.39, 0.29) is 5.56 Å². The lowest BCUT2D eigenvalue weighted by atomic mass is 10.2. The van der Waals surface area contributed by atoms with E-state index < -0.39 is 5.97 Å². The molecule has 1 aromatic heterocycles. The second-order valence-electron chi connectivity index (χ2n) is 5.15. The van der Waals surface area contributed by atoms with Crippen LogP contribution >= 0.6 is 0 Å². The first-order valence-electron chi connectivity index (χ1n) is 6.95. The molecule has 0 atom stereocenters. The largest absolute Gasteiger partial charge is 0.478 e. The molecule has 0 saturated carbocycles. The minimum atomic E-state index is -0.985. The number of carbonyl (C=O) groups is 1. The van der Waals surface area contributed by atoms with E-state index in [1.54, 1.807) is 0 Å². The molecule has 0 fully saturated rings. The predicted molar refractivity (Wildman–Crippen MR) is 77.7 cm³/mol. The van der Waals surface area contributed by atoms with Crippen LogP contribution in [0.3, 0.4) is 0 Å². The number of hydrogen-bond donors (Lipinski definition) is 2. The van der Waals surface area contributed by atoms with Crippen LogP contribution in [0.1, 0.15) is 42.7 Å². The molecule has 0 spiro atoms. The summed E-state index contributed by atoms with van der Waals surface area (Å²) in [5.74, 6) is -0.985. The zero-order valence-electron chi connectivity index (χ0n) is 12.5. The summed E-state index contributed by atoms with van der Waals surface area (Å²) in [6, 6.07) is 0.571. The fourth-order valence-corrected chi connectivity index (χ4v) is 1.75. The minimum absolute atomic E-state index is 0.166. The Morgan fingerprint density at radius 2 is 2.20 bits per heavy atom. The number of aromatic carboxylic acids is 1. The third-order valence-electron chi connectivity index (χ3n) is 3.31. The van der Waals surface area contributed by atoms with Crippen LogP contribution in [-0.2, 0) is 6.54 Å². The molecule has 0 radical (unpaired) electrons. The molecule has 1 heterocycles. The van der Waals surface area contributed by atoms with Crippen LogP contribution in [-0.4, -0.2) is 52.1 Å². The maximum Gasteiger partial charge on any atom is 0.339 e. The summed E-state index contributed by atoms with van der Waals surface area (Å²) in [6.45, 7) is 6.76. The van der Waals surface area contributed by atoms with Gasteiger partial charge in [-0.2, -0.15) is 0 Å². The Balaban J connectivity index is 2.23. The fourth-order valence-electron chi connectivity index (χ4n) is 1.75. The predicted octanol–water partition coefficient (Wildman–Crippen LogP) is 1.38. The molecule has 0 amide bonds. The Morgan fingerprint density at radius 1 is 1.45 bits per heavy atom. The highest BCUT2D eigenvalue weighted by atomic mass is 16.4. The Hall–Kier alpha value is -1.53. The molecule has 0 aliphatic heterocycles. The average molecular weight is 280 g/mol. The van der Waals surface area contributed by atoms with Gasteiger partial charge in [0.05, 0.1) is 5.69 Å². The molecule has 2 N–H and O–H groups in total. The van der Waals surface area contributed by atoms with Gasteiger partial charge in [0.25, 0.3) is 0 Å². The Bertz CT molecular complexity index is 423. The van der Waals surface area contributed by atoms with Gasteiger partial charge in [-0.15, -0.1) is 0 Å². The van der Waals surface area contributed by atoms with Crippen LogP contribution in [0, 0.1) is 0 Å². The molecule has 1 rings (SSSR count). The summed E-state index contributed by atoms with van der Waals surface area (Å²) in [4.78, 5) is 21.0. The van der Waals surface area contributed by atoms with E-state index in [4.69, 9.17) is 5.11 Å². The molecule has 0 aliphatic carbocycles. The van der Waals surface area contributed by atoms with E-state index in [1.165, 1.54) is 12.5 Å². The fraction of sp³-hybridized carbons (Fsp3) is 0.643. The lowest BCUT2D eigenvalue weighted by molar-refractivity contribution is 0.0694. The molecule has 0 bridgehead atoms. The van der Waals surface area contributed by atoms with Crippen LogP contribution in [0.15, 0.2) is 12.5 Å². The monoisotopic (exact) mass is 280 g/mol. The van der Waals surface area contributed by atoms with Crippen molar-refractivity contribution in [3.05, 3.63) is 23.8 Å². The van der Waals surface area contributed by atoms with Crippen molar-refractivity contribution in [2.24, 2.45) is 0 Å². The Kier molecular flexibility index (Phi) is 7.11. The first-order valence-corrected chi connectivity index (χ1v) is 6.95. The standard InChI is InChI=1S/C14H24N4O2/c1-11(2)18(3)7-5-4-6-15-9-13-12(14(19)20)8-16-10-17-13/h8,10-11,15H,4-7,9H2,1-3H3,(H,19,20). The minimum Gasteiger partial charge on any atom is -0.478 e. The van der Waals surface area contributed by atoms with E-state index >= 15 is 0 Å². The molecule has 6 nitrogen and oxygen atoms in total. The zero-order valence-corrected chi connectivity index (χ0v) is 12.5. The summed E-state index contributed by atoms with van der Waals surface area (Å²) in [6.07, 6.45) is 4.90. The van der Waals surface area contributed by atoms with Crippen molar-refractivity contribution < 1.29 is 9.90 Å². The van der Waals surface area contributed by atoms with Gasteiger partial charge in [-0.05, 0) is 46.8 Å². The second-order valence-corrected chi connectivity index (χ2v) is 5.15. The van der Waals surface area contributed by atoms with Gasteiger partial charge in [0, 0.05) is 18.8 Å². The molecule has 1 aromatic rings. The van der Waals surface area contributed by atoms with E-state index in [0.29, 0.717) is 18.3 Å².